The number of amides is 1. The number of carbonyl (C=O) groups is 2. The minimum atomic E-state index is -1.04. The summed E-state index contributed by atoms with van der Waals surface area (Å²) in [6.07, 6.45) is 0.392. The number of carboxylic acid groups (broad SMARTS) is 1. The molecule has 1 atom stereocenters. The predicted molar refractivity (Wildman–Crippen MR) is 90.9 cm³/mol. The van der Waals surface area contributed by atoms with Crippen LogP contribution >= 0.6 is 0 Å². The minimum Gasteiger partial charge on any atom is -0.496 e. The third-order valence-electron chi connectivity index (χ3n) is 3.80. The zero-order valence-electron chi connectivity index (χ0n) is 13.9. The number of carbonyl (C=O) groups excluding carboxylic acids is 1. The van der Waals surface area contributed by atoms with Crippen molar-refractivity contribution in [3.05, 3.63) is 65.5 Å². The van der Waals surface area contributed by atoms with Gasteiger partial charge in [0.15, 0.2) is 0 Å². The second-order valence-corrected chi connectivity index (χ2v) is 5.58. The van der Waals surface area contributed by atoms with Crippen molar-refractivity contribution < 1.29 is 23.8 Å². The van der Waals surface area contributed by atoms with Crippen molar-refractivity contribution in [2.24, 2.45) is 0 Å². The number of benzene rings is 2. The molecule has 1 amide bonds. The van der Waals surface area contributed by atoms with E-state index in [-0.39, 0.29) is 18.7 Å². The number of rotatable bonds is 8. The number of halogens is 1. The van der Waals surface area contributed by atoms with Crippen LogP contribution in [0.2, 0.25) is 0 Å². The second kappa shape index (κ2) is 8.82. The number of hydrogen-bond donors (Lipinski definition) is 2. The average molecular weight is 345 g/mol. The van der Waals surface area contributed by atoms with Gasteiger partial charge < -0.3 is 15.2 Å². The first-order chi connectivity index (χ1) is 12.0. The van der Waals surface area contributed by atoms with E-state index in [1.807, 2.05) is 24.3 Å². The Hall–Kier alpha value is -2.89. The van der Waals surface area contributed by atoms with Crippen molar-refractivity contribution in [3.63, 3.8) is 0 Å². The van der Waals surface area contributed by atoms with Crippen molar-refractivity contribution in [2.45, 2.75) is 25.3 Å². The average Bonchev–Trinajstić information content (AvgIpc) is 2.60. The van der Waals surface area contributed by atoms with Gasteiger partial charge in [-0.05, 0) is 35.7 Å². The van der Waals surface area contributed by atoms with E-state index in [9.17, 15) is 14.0 Å². The molecule has 2 N–H and O–H groups in total. The van der Waals surface area contributed by atoms with E-state index in [0.717, 1.165) is 5.56 Å². The summed E-state index contributed by atoms with van der Waals surface area (Å²) < 4.78 is 18.3. The number of nitrogens with one attached hydrogen (secondary N) is 1. The molecule has 132 valence electrons. The first kappa shape index (κ1) is 18.4. The molecule has 25 heavy (non-hydrogen) atoms. The molecule has 0 bridgehead atoms. The molecular formula is C19H20FNO4. The van der Waals surface area contributed by atoms with Crippen LogP contribution in [-0.2, 0) is 16.0 Å². The minimum absolute atomic E-state index is 0.192. The van der Waals surface area contributed by atoms with Crippen LogP contribution in [0.25, 0.3) is 0 Å². The summed E-state index contributed by atoms with van der Waals surface area (Å²) in [7, 11) is 1.57. The summed E-state index contributed by atoms with van der Waals surface area (Å²) in [5.41, 5.74) is 1.45. The Labute approximate surface area is 145 Å². The lowest BCUT2D eigenvalue weighted by molar-refractivity contribution is -0.137. The summed E-state index contributed by atoms with van der Waals surface area (Å²) in [5, 5.41) is 11.8. The van der Waals surface area contributed by atoms with Gasteiger partial charge in [-0.25, -0.2) is 4.39 Å². The van der Waals surface area contributed by atoms with Gasteiger partial charge in [0.1, 0.15) is 11.6 Å². The van der Waals surface area contributed by atoms with Crippen molar-refractivity contribution >= 4 is 11.9 Å². The Kier molecular flexibility index (Phi) is 6.51. The van der Waals surface area contributed by atoms with Gasteiger partial charge in [-0.15, -0.1) is 0 Å². The van der Waals surface area contributed by atoms with Crippen LogP contribution < -0.4 is 10.1 Å². The van der Waals surface area contributed by atoms with Crippen LogP contribution in [0.5, 0.6) is 5.75 Å². The molecule has 0 unspecified atom stereocenters. The molecular weight excluding hydrogens is 325 g/mol. The Bertz CT molecular complexity index is 730. The normalized spacial score (nSPS) is 11.6. The molecule has 0 spiro atoms. The van der Waals surface area contributed by atoms with Gasteiger partial charge in [0.2, 0.25) is 5.91 Å². The fourth-order valence-electron chi connectivity index (χ4n) is 2.55. The van der Waals surface area contributed by atoms with E-state index in [1.54, 1.807) is 7.11 Å². The quantitative estimate of drug-likeness (QED) is 0.771. The number of ether oxygens (including phenoxy) is 1. The molecule has 0 heterocycles. The number of methoxy groups -OCH3 is 1. The summed E-state index contributed by atoms with van der Waals surface area (Å²) in [6, 6.07) is 12.1. The number of aryl methyl sites for hydroxylation is 1. The SMILES string of the molecule is COc1ccccc1CCC(=O)N[C@@H](CC(=O)O)c1ccc(F)cc1. The fourth-order valence-corrected chi connectivity index (χ4v) is 2.55. The molecule has 2 rings (SSSR count). The van der Waals surface area contributed by atoms with Gasteiger partial charge >= 0.3 is 5.97 Å². The van der Waals surface area contributed by atoms with Gasteiger partial charge in [0.05, 0.1) is 19.6 Å². The highest BCUT2D eigenvalue weighted by Gasteiger charge is 2.18. The van der Waals surface area contributed by atoms with Crippen LogP contribution in [0.4, 0.5) is 4.39 Å². The zero-order chi connectivity index (χ0) is 18.2. The highest BCUT2D eigenvalue weighted by atomic mass is 19.1. The summed E-state index contributed by atoms with van der Waals surface area (Å²) >= 11 is 0. The van der Waals surface area contributed by atoms with E-state index in [0.29, 0.717) is 17.7 Å². The van der Waals surface area contributed by atoms with Crippen molar-refractivity contribution in [3.8, 4) is 5.75 Å². The van der Waals surface area contributed by atoms with Crippen LogP contribution in [0.3, 0.4) is 0 Å². The molecule has 0 aliphatic rings. The Morgan fingerprint density at radius 1 is 1.16 bits per heavy atom. The van der Waals surface area contributed by atoms with Crippen LogP contribution in [-0.4, -0.2) is 24.1 Å². The topological polar surface area (TPSA) is 75.6 Å². The zero-order valence-corrected chi connectivity index (χ0v) is 13.9. The highest BCUT2D eigenvalue weighted by molar-refractivity contribution is 5.78. The van der Waals surface area contributed by atoms with Gasteiger partial charge in [0.25, 0.3) is 0 Å². The number of para-hydroxylation sites is 1. The molecule has 5 nitrogen and oxygen atoms in total. The van der Waals surface area contributed by atoms with Crippen LogP contribution in [0.15, 0.2) is 48.5 Å². The predicted octanol–water partition coefficient (Wildman–Crippen LogP) is 3.10. The molecule has 0 fully saturated rings. The summed E-state index contributed by atoms with van der Waals surface area (Å²) in [6.45, 7) is 0. The Balaban J connectivity index is 2.01. The van der Waals surface area contributed by atoms with Gasteiger partial charge in [0, 0.05) is 6.42 Å². The first-order valence-electron chi connectivity index (χ1n) is 7.88. The lowest BCUT2D eigenvalue weighted by Gasteiger charge is -2.18. The van der Waals surface area contributed by atoms with Gasteiger partial charge in [-0.3, -0.25) is 9.59 Å². The maximum absolute atomic E-state index is 13.0. The number of hydrogen-bond acceptors (Lipinski definition) is 3. The van der Waals surface area contributed by atoms with E-state index in [2.05, 4.69) is 5.32 Å². The molecule has 2 aromatic rings. The lowest BCUT2D eigenvalue weighted by Crippen LogP contribution is -2.30. The van der Waals surface area contributed by atoms with Crippen LogP contribution in [0.1, 0.15) is 30.0 Å². The third-order valence-corrected chi connectivity index (χ3v) is 3.80. The molecule has 0 aliphatic heterocycles. The monoisotopic (exact) mass is 345 g/mol. The summed E-state index contributed by atoms with van der Waals surface area (Å²) in [4.78, 5) is 23.3. The first-order valence-corrected chi connectivity index (χ1v) is 7.88. The largest absolute Gasteiger partial charge is 0.496 e. The molecule has 0 aromatic heterocycles. The Morgan fingerprint density at radius 2 is 1.84 bits per heavy atom. The summed E-state index contributed by atoms with van der Waals surface area (Å²) in [5.74, 6) is -1.03. The van der Waals surface area contributed by atoms with Crippen LogP contribution in [0, 0.1) is 5.82 Å². The molecule has 0 saturated carbocycles. The molecule has 2 aromatic carbocycles. The molecule has 0 aliphatic carbocycles. The number of aliphatic carboxylic acids is 1. The number of carboxylic acids is 1. The van der Waals surface area contributed by atoms with E-state index in [1.165, 1.54) is 24.3 Å². The maximum Gasteiger partial charge on any atom is 0.305 e. The molecule has 0 saturated heterocycles. The highest BCUT2D eigenvalue weighted by Crippen LogP contribution is 2.20. The second-order valence-electron chi connectivity index (χ2n) is 5.58. The molecule has 6 heteroatoms. The van der Waals surface area contributed by atoms with E-state index in [4.69, 9.17) is 9.84 Å². The standard InChI is InChI=1S/C19H20FNO4/c1-25-17-5-3-2-4-14(17)8-11-18(22)21-16(12-19(23)24)13-6-9-15(20)10-7-13/h2-7,9-10,16H,8,11-12H2,1H3,(H,21,22)(H,23,24)/t16-/m0/s1. The van der Waals surface area contributed by atoms with Crippen molar-refractivity contribution in [2.75, 3.05) is 7.11 Å². The third kappa shape index (κ3) is 5.60. The van der Waals surface area contributed by atoms with Crippen molar-refractivity contribution in [1.29, 1.82) is 0 Å². The smallest absolute Gasteiger partial charge is 0.305 e. The van der Waals surface area contributed by atoms with E-state index < -0.39 is 17.8 Å². The van der Waals surface area contributed by atoms with E-state index >= 15 is 0 Å². The maximum atomic E-state index is 13.0. The van der Waals surface area contributed by atoms with Gasteiger partial charge in [-0.1, -0.05) is 30.3 Å². The Morgan fingerprint density at radius 3 is 2.48 bits per heavy atom. The van der Waals surface area contributed by atoms with Crippen molar-refractivity contribution in [1.82, 2.24) is 5.32 Å². The lowest BCUT2D eigenvalue weighted by atomic mass is 10.0. The molecule has 0 radical (unpaired) electrons. The fraction of sp³-hybridized carbons (Fsp3) is 0.263. The van der Waals surface area contributed by atoms with Gasteiger partial charge in [-0.2, -0.15) is 0 Å².